The maximum Gasteiger partial charge on any atom is 0.405 e. The Bertz CT molecular complexity index is 1270. The number of nitrogens with two attached hydrogens (primary N) is 1. The average Bonchev–Trinajstić information content (AvgIpc) is 3.39. The third kappa shape index (κ3) is 7.49. The van der Waals surface area contributed by atoms with Crippen LogP contribution in [0.5, 0.6) is 0 Å². The van der Waals surface area contributed by atoms with Gasteiger partial charge in [-0.25, -0.2) is 4.79 Å². The Hall–Kier alpha value is -3.29. The van der Waals surface area contributed by atoms with E-state index in [9.17, 15) is 24.6 Å². The third-order valence-corrected chi connectivity index (χ3v) is 8.33. The highest BCUT2D eigenvalue weighted by atomic mass is 16.7. The van der Waals surface area contributed by atoms with Gasteiger partial charge in [0.25, 0.3) is 5.91 Å². The SMILES string of the molecule is COC1/C=C\C=C(/C)C(=O)NC2=CC3(C(C)(C)O)OCOC3=C(CC(C)CC(OC)C(O)C(C)/C=C(\C)C1OC(N)=O)C2=O. The zero-order chi connectivity index (χ0) is 33.0. The van der Waals surface area contributed by atoms with Crippen molar-refractivity contribution in [3.05, 3.63) is 58.6 Å². The fourth-order valence-electron chi connectivity index (χ4n) is 5.82. The van der Waals surface area contributed by atoms with Gasteiger partial charge in [0.1, 0.15) is 11.9 Å². The Labute approximate surface area is 258 Å². The van der Waals surface area contributed by atoms with E-state index in [1.807, 2.05) is 13.8 Å². The van der Waals surface area contributed by atoms with E-state index in [0.29, 0.717) is 12.0 Å². The molecule has 0 spiro atoms. The van der Waals surface area contributed by atoms with Crippen LogP contribution in [0.15, 0.2) is 58.6 Å². The number of fused-ring (bicyclic) bond motifs is 3. The molecule has 0 radical (unpaired) electrons. The first-order chi connectivity index (χ1) is 20.6. The minimum Gasteiger partial charge on any atom is -0.468 e. The molecular weight excluding hydrogens is 572 g/mol. The molecule has 3 aliphatic rings. The molecule has 3 rings (SSSR count). The fourth-order valence-corrected chi connectivity index (χ4v) is 5.82. The smallest absolute Gasteiger partial charge is 0.405 e. The molecule has 0 saturated carbocycles. The van der Waals surface area contributed by atoms with Gasteiger partial charge in [-0.05, 0) is 58.1 Å². The molecule has 0 aromatic heterocycles. The molecule has 7 unspecified atom stereocenters. The molecule has 7 atom stereocenters. The number of nitrogens with one attached hydrogen (secondary N) is 1. The molecule has 5 N–H and O–H groups in total. The van der Waals surface area contributed by atoms with E-state index < -0.39 is 59.3 Å². The molecule has 12 nitrogen and oxygen atoms in total. The van der Waals surface area contributed by atoms with E-state index in [1.165, 1.54) is 26.4 Å². The summed E-state index contributed by atoms with van der Waals surface area (Å²) in [7, 11) is 2.93. The van der Waals surface area contributed by atoms with Crippen molar-refractivity contribution in [2.24, 2.45) is 17.6 Å². The van der Waals surface area contributed by atoms with E-state index in [4.69, 9.17) is 29.4 Å². The maximum atomic E-state index is 13.8. The first-order valence-corrected chi connectivity index (χ1v) is 14.6. The second-order valence-corrected chi connectivity index (χ2v) is 12.2. The van der Waals surface area contributed by atoms with Gasteiger partial charge < -0.3 is 44.9 Å². The van der Waals surface area contributed by atoms with Crippen LogP contribution in [0.25, 0.3) is 0 Å². The van der Waals surface area contributed by atoms with Gasteiger partial charge in [-0.2, -0.15) is 0 Å². The number of carbonyl (C=O) groups excluding carboxylic acids is 3. The highest BCUT2D eigenvalue weighted by molar-refractivity contribution is 6.13. The summed E-state index contributed by atoms with van der Waals surface area (Å²) in [6.07, 6.45) is 4.11. The van der Waals surface area contributed by atoms with Crippen LogP contribution >= 0.6 is 0 Å². The molecule has 1 fully saturated rings. The monoisotopic (exact) mass is 618 g/mol. The van der Waals surface area contributed by atoms with Gasteiger partial charge in [0, 0.05) is 31.3 Å². The van der Waals surface area contributed by atoms with Crippen molar-refractivity contribution >= 4 is 17.8 Å². The number of hydrogen-bond donors (Lipinski definition) is 4. The Morgan fingerprint density at radius 1 is 1.18 bits per heavy atom. The predicted molar refractivity (Wildman–Crippen MR) is 161 cm³/mol. The van der Waals surface area contributed by atoms with Crippen LogP contribution in [0.2, 0.25) is 0 Å². The van der Waals surface area contributed by atoms with Gasteiger partial charge in [-0.1, -0.05) is 38.2 Å². The lowest BCUT2D eigenvalue weighted by Gasteiger charge is -2.39. The number of amides is 2. The number of ketones is 1. The minimum atomic E-state index is -1.52. The van der Waals surface area contributed by atoms with Gasteiger partial charge in [-0.15, -0.1) is 0 Å². The first-order valence-electron chi connectivity index (χ1n) is 14.6. The quantitative estimate of drug-likeness (QED) is 0.343. The second-order valence-electron chi connectivity index (χ2n) is 12.2. The highest BCUT2D eigenvalue weighted by Crippen LogP contribution is 2.46. The van der Waals surface area contributed by atoms with Crippen LogP contribution < -0.4 is 11.1 Å². The number of allylic oxidation sites excluding steroid dienone is 3. The second kappa shape index (κ2) is 14.2. The van der Waals surface area contributed by atoms with Crippen LogP contribution in [-0.4, -0.2) is 84.6 Å². The first kappa shape index (κ1) is 35.2. The highest BCUT2D eigenvalue weighted by Gasteiger charge is 2.56. The molecule has 1 saturated heterocycles. The van der Waals surface area contributed by atoms with Crippen molar-refractivity contribution in [1.82, 2.24) is 5.32 Å². The Balaban J connectivity index is 2.15. The molecule has 44 heavy (non-hydrogen) atoms. The van der Waals surface area contributed by atoms with Crippen LogP contribution in [0.1, 0.15) is 54.4 Å². The summed E-state index contributed by atoms with van der Waals surface area (Å²) in [6.45, 7) is 9.93. The normalized spacial score (nSPS) is 35.7. The van der Waals surface area contributed by atoms with E-state index in [2.05, 4.69) is 5.32 Å². The molecule has 2 bridgehead atoms. The minimum absolute atomic E-state index is 0.0512. The number of aliphatic hydroxyl groups is 2. The molecule has 2 amide bonds. The van der Waals surface area contributed by atoms with Crippen molar-refractivity contribution in [1.29, 1.82) is 0 Å². The molecular formula is C32H46N2O10. The zero-order valence-electron chi connectivity index (χ0n) is 26.7. The number of rotatable bonds is 4. The molecule has 2 heterocycles. The van der Waals surface area contributed by atoms with Crippen LogP contribution in [-0.2, 0) is 33.3 Å². The summed E-state index contributed by atoms with van der Waals surface area (Å²) in [4.78, 5) is 38.9. The van der Waals surface area contributed by atoms with Gasteiger partial charge in [0.15, 0.2) is 18.5 Å². The molecule has 2 aliphatic heterocycles. The zero-order valence-corrected chi connectivity index (χ0v) is 26.7. The summed E-state index contributed by atoms with van der Waals surface area (Å²) < 4.78 is 28.4. The Kier molecular flexibility index (Phi) is 11.4. The average molecular weight is 619 g/mol. The van der Waals surface area contributed by atoms with Crippen molar-refractivity contribution in [3.8, 4) is 0 Å². The number of ether oxygens (including phenoxy) is 5. The Morgan fingerprint density at radius 2 is 1.86 bits per heavy atom. The maximum absolute atomic E-state index is 13.8. The topological polar surface area (TPSA) is 176 Å². The molecule has 1 aliphatic carbocycles. The lowest BCUT2D eigenvalue weighted by atomic mass is 9.75. The van der Waals surface area contributed by atoms with Gasteiger partial charge in [-0.3, -0.25) is 9.59 Å². The van der Waals surface area contributed by atoms with Crippen molar-refractivity contribution < 1.29 is 48.3 Å². The third-order valence-electron chi connectivity index (χ3n) is 8.33. The number of primary amides is 1. The van der Waals surface area contributed by atoms with Gasteiger partial charge >= 0.3 is 6.09 Å². The van der Waals surface area contributed by atoms with Gasteiger partial charge in [0.05, 0.1) is 23.5 Å². The summed E-state index contributed by atoms with van der Waals surface area (Å²) >= 11 is 0. The summed E-state index contributed by atoms with van der Waals surface area (Å²) in [5, 5.41) is 25.2. The summed E-state index contributed by atoms with van der Waals surface area (Å²) in [5.41, 5.74) is 3.39. The largest absolute Gasteiger partial charge is 0.468 e. The standard InChI is InChI=1S/C32H46N2O10/c1-17-12-21-26(36)22(15-32(31(5,6)39)28(21)42-16-43-32)34-29(37)18(2)10-9-11-23(40-7)27(44-30(33)38)20(4)14-19(3)25(35)24(13-17)41-8/h9-11,14-15,17,19,23-25,27,35,39H,12-13,16H2,1-8H3,(H2,33,38)(H,34,37)/b11-9-,18-10+,20-14+. The Morgan fingerprint density at radius 3 is 2.45 bits per heavy atom. The molecule has 12 heteroatoms. The van der Waals surface area contributed by atoms with E-state index in [-0.39, 0.29) is 41.7 Å². The number of Topliss-reactive ketones (excluding diaryl/α,β-unsaturated/α-hetero) is 1. The number of aliphatic hydroxyl groups excluding tert-OH is 1. The lowest BCUT2D eigenvalue weighted by molar-refractivity contribution is -0.121. The van der Waals surface area contributed by atoms with E-state index >= 15 is 0 Å². The van der Waals surface area contributed by atoms with Crippen LogP contribution in [0.3, 0.4) is 0 Å². The molecule has 0 aromatic rings. The van der Waals surface area contributed by atoms with Crippen LogP contribution in [0, 0.1) is 11.8 Å². The van der Waals surface area contributed by atoms with E-state index in [1.54, 1.807) is 45.9 Å². The van der Waals surface area contributed by atoms with Crippen molar-refractivity contribution in [2.75, 3.05) is 21.0 Å². The predicted octanol–water partition coefficient (Wildman–Crippen LogP) is 2.71. The number of hydrogen-bond acceptors (Lipinski definition) is 10. The number of methoxy groups -OCH3 is 2. The molecule has 0 aromatic carbocycles. The lowest BCUT2D eigenvalue weighted by Crippen LogP contribution is -2.53. The van der Waals surface area contributed by atoms with Crippen LogP contribution in [0.4, 0.5) is 4.79 Å². The van der Waals surface area contributed by atoms with Crippen molar-refractivity contribution in [2.45, 2.75) is 90.0 Å². The van der Waals surface area contributed by atoms with E-state index in [0.717, 1.165) is 0 Å². The summed E-state index contributed by atoms with van der Waals surface area (Å²) in [6, 6.07) is 0. The fraction of sp³-hybridized carbons (Fsp3) is 0.594. The van der Waals surface area contributed by atoms with Crippen molar-refractivity contribution in [3.63, 3.8) is 0 Å². The summed E-state index contributed by atoms with van der Waals surface area (Å²) in [5.74, 6) is -1.47. The van der Waals surface area contributed by atoms with Gasteiger partial charge in [0.2, 0.25) is 5.78 Å². The number of carbonyl (C=O) groups is 3. The molecule has 244 valence electrons.